The molecule has 2 fully saturated rings. The first kappa shape index (κ1) is 33.8. The van der Waals surface area contributed by atoms with Crippen LogP contribution in [-0.2, 0) is 27.3 Å². The molecule has 14 heteroatoms. The highest BCUT2D eigenvalue weighted by atomic mass is 19.3. The summed E-state index contributed by atoms with van der Waals surface area (Å²) in [5, 5.41) is 17.7. The van der Waals surface area contributed by atoms with Crippen molar-refractivity contribution in [1.82, 2.24) is 30.1 Å². The number of carbonyl (C=O) groups excluding carboxylic acids is 3. The van der Waals surface area contributed by atoms with Gasteiger partial charge >= 0.3 is 6.09 Å². The Labute approximate surface area is 298 Å². The smallest absolute Gasteiger partial charge is 0.404 e. The minimum Gasteiger partial charge on any atom is -0.465 e. The van der Waals surface area contributed by atoms with Crippen LogP contribution >= 0.6 is 0 Å². The molecule has 4 aliphatic rings. The number of aryl methyl sites for hydroxylation is 1. The standard InChI is InChI=1S/C38H39F2N7O5/c39-38(40)17-28(42-20-38)34-41-18-29(44-34)23-5-3-21(4-6-23)22-7-10-26(11-8-22)43-35(49)30-2-1-14-47(30)36(50)25-16-31(48)32-27(45-37(51)52)12-9-24-13-15-46(19-25)33(24)32/h3-8,10-11,13,15,18,25,27-28,30,32,42,45H,1-2,9,12,14,16-17,19-20H2,(H,41,44)(H,43,49)(H,51,52)/t25-,27-,28-,30-,32?/m0/s1. The Morgan fingerprint density at radius 2 is 1.71 bits per heavy atom. The first-order chi connectivity index (χ1) is 25.0. The number of carbonyl (C=O) groups is 4. The summed E-state index contributed by atoms with van der Waals surface area (Å²) < 4.78 is 29.2. The van der Waals surface area contributed by atoms with Gasteiger partial charge in [0.2, 0.25) is 11.8 Å². The van der Waals surface area contributed by atoms with Crippen LogP contribution in [0.5, 0.6) is 0 Å². The van der Waals surface area contributed by atoms with E-state index in [0.717, 1.165) is 33.6 Å². The molecule has 0 radical (unpaired) electrons. The van der Waals surface area contributed by atoms with Crippen LogP contribution in [0.15, 0.2) is 67.0 Å². The van der Waals surface area contributed by atoms with E-state index in [1.165, 1.54) is 0 Å². The van der Waals surface area contributed by atoms with E-state index < -0.39 is 42.0 Å². The number of amides is 3. The highest BCUT2D eigenvalue weighted by Gasteiger charge is 2.45. The lowest BCUT2D eigenvalue weighted by molar-refractivity contribution is -0.142. The molecule has 2 saturated heterocycles. The number of rotatable bonds is 7. The number of hydrogen-bond donors (Lipinski definition) is 5. The van der Waals surface area contributed by atoms with Crippen LogP contribution in [0.25, 0.3) is 22.4 Å². The minimum absolute atomic E-state index is 0.0158. The Morgan fingerprint density at radius 3 is 2.42 bits per heavy atom. The molecule has 0 saturated carbocycles. The SMILES string of the molecule is O=C(O)N[C@H]1CCc2ccn3c2C1C(=O)C[C@H](C(=O)N1CCC[C@H]1C(=O)Nc1ccc(-c2ccc(-c4cnc([C@@H]5CC(F)(F)CN5)[nH]4)cc2)cc1)C3. The Bertz CT molecular complexity index is 2030. The van der Waals surface area contributed by atoms with Gasteiger partial charge in [0.25, 0.3) is 5.92 Å². The third-order valence-corrected chi connectivity index (χ3v) is 10.9. The number of ketones is 1. The van der Waals surface area contributed by atoms with Gasteiger partial charge < -0.3 is 35.5 Å². The fraction of sp³-hybridized carbons (Fsp3) is 0.395. The van der Waals surface area contributed by atoms with Crippen LogP contribution in [0.1, 0.15) is 61.1 Å². The number of aromatic nitrogens is 3. The van der Waals surface area contributed by atoms with Crippen molar-refractivity contribution in [3.63, 3.8) is 0 Å². The number of nitrogens with one attached hydrogen (secondary N) is 4. The van der Waals surface area contributed by atoms with E-state index in [4.69, 9.17) is 0 Å². The van der Waals surface area contributed by atoms with Crippen LogP contribution in [-0.4, -0.2) is 79.3 Å². The third kappa shape index (κ3) is 6.47. The van der Waals surface area contributed by atoms with Gasteiger partial charge in [-0.25, -0.2) is 18.6 Å². The van der Waals surface area contributed by atoms with Gasteiger partial charge in [-0.15, -0.1) is 0 Å². The van der Waals surface area contributed by atoms with Crippen LogP contribution in [0, 0.1) is 5.92 Å². The number of halogens is 2. The Hall–Kier alpha value is -5.37. The molecule has 5 atom stereocenters. The number of alkyl halides is 2. The van der Waals surface area contributed by atoms with Crippen molar-refractivity contribution in [2.45, 2.75) is 75.0 Å². The monoisotopic (exact) mass is 711 g/mol. The number of H-pyrrole nitrogens is 1. The van der Waals surface area contributed by atoms with E-state index in [9.17, 15) is 33.1 Å². The lowest BCUT2D eigenvalue weighted by Crippen LogP contribution is -2.47. The van der Waals surface area contributed by atoms with Crippen molar-refractivity contribution >= 4 is 29.4 Å². The number of imidazole rings is 1. The summed E-state index contributed by atoms with van der Waals surface area (Å²) in [6.45, 7) is 0.356. The first-order valence-electron chi connectivity index (χ1n) is 17.7. The Kier molecular flexibility index (Phi) is 8.64. The van der Waals surface area contributed by atoms with E-state index in [0.29, 0.717) is 50.3 Å². The van der Waals surface area contributed by atoms with Gasteiger partial charge in [-0.05, 0) is 66.1 Å². The lowest BCUT2D eigenvalue weighted by atomic mass is 9.79. The lowest BCUT2D eigenvalue weighted by Gasteiger charge is -2.31. The maximum atomic E-state index is 14.0. The van der Waals surface area contributed by atoms with E-state index in [1.54, 1.807) is 11.1 Å². The zero-order valence-corrected chi connectivity index (χ0v) is 28.3. The molecule has 1 aliphatic carbocycles. The molecule has 5 heterocycles. The maximum absolute atomic E-state index is 14.0. The fourth-order valence-electron chi connectivity index (χ4n) is 8.40. The molecule has 0 bridgehead atoms. The Balaban J connectivity index is 0.905. The summed E-state index contributed by atoms with van der Waals surface area (Å²) >= 11 is 0. The number of benzene rings is 2. The molecule has 3 amide bonds. The largest absolute Gasteiger partial charge is 0.465 e. The van der Waals surface area contributed by atoms with Crippen LogP contribution in [0.4, 0.5) is 19.3 Å². The second kappa shape index (κ2) is 13.3. The summed E-state index contributed by atoms with van der Waals surface area (Å²) in [6, 6.07) is 15.4. The van der Waals surface area contributed by atoms with Crippen LogP contribution < -0.4 is 16.0 Å². The second-order valence-electron chi connectivity index (χ2n) is 14.3. The molecular formula is C38H39F2N7O5. The van der Waals surface area contributed by atoms with Crippen LogP contribution in [0.2, 0.25) is 0 Å². The van der Waals surface area contributed by atoms with Crippen molar-refractivity contribution in [3.05, 3.63) is 84.1 Å². The highest BCUT2D eigenvalue weighted by Crippen LogP contribution is 2.39. The number of Topliss-reactive ketones (excluding diaryl/α,β-unsaturated/α-hetero) is 1. The van der Waals surface area contributed by atoms with Crippen molar-refractivity contribution in [2.75, 3.05) is 18.4 Å². The number of hydrogen-bond acceptors (Lipinski definition) is 6. The average Bonchev–Trinajstić information content (AvgIpc) is 3.94. The average molecular weight is 712 g/mol. The second-order valence-corrected chi connectivity index (χ2v) is 14.3. The van der Waals surface area contributed by atoms with Crippen molar-refractivity contribution < 1.29 is 33.1 Å². The minimum atomic E-state index is -2.74. The van der Waals surface area contributed by atoms with E-state index >= 15 is 0 Å². The van der Waals surface area contributed by atoms with Gasteiger partial charge in [-0.2, -0.15) is 0 Å². The third-order valence-electron chi connectivity index (χ3n) is 10.9. The van der Waals surface area contributed by atoms with Crippen molar-refractivity contribution in [1.29, 1.82) is 0 Å². The van der Waals surface area contributed by atoms with Gasteiger partial charge in [-0.1, -0.05) is 36.4 Å². The normalized spacial score (nSPS) is 25.0. The highest BCUT2D eigenvalue weighted by molar-refractivity contribution is 5.99. The number of anilines is 1. The van der Waals surface area contributed by atoms with Gasteiger partial charge in [0.15, 0.2) is 0 Å². The maximum Gasteiger partial charge on any atom is 0.404 e. The summed E-state index contributed by atoms with van der Waals surface area (Å²) in [4.78, 5) is 61.7. The topological polar surface area (TPSA) is 161 Å². The van der Waals surface area contributed by atoms with Crippen molar-refractivity contribution in [3.8, 4) is 22.4 Å². The molecule has 2 aromatic carbocycles. The number of nitrogens with zero attached hydrogens (tertiary/aromatic N) is 3. The Morgan fingerprint density at radius 1 is 0.981 bits per heavy atom. The number of carboxylic acid groups (broad SMARTS) is 1. The van der Waals surface area contributed by atoms with Gasteiger partial charge in [0.05, 0.1) is 36.3 Å². The molecular weight excluding hydrogens is 672 g/mol. The zero-order chi connectivity index (χ0) is 36.1. The number of likely N-dealkylation sites (tertiary alicyclic amines) is 1. The summed E-state index contributed by atoms with van der Waals surface area (Å²) in [5.41, 5.74) is 5.88. The molecule has 2 aromatic heterocycles. The van der Waals surface area contributed by atoms with E-state index in [1.807, 2.05) is 65.4 Å². The summed E-state index contributed by atoms with van der Waals surface area (Å²) in [7, 11) is 0. The van der Waals surface area contributed by atoms with Gasteiger partial charge in [-0.3, -0.25) is 14.4 Å². The molecule has 0 spiro atoms. The van der Waals surface area contributed by atoms with Crippen molar-refractivity contribution in [2.24, 2.45) is 5.92 Å². The molecule has 52 heavy (non-hydrogen) atoms. The molecule has 1 unspecified atom stereocenters. The number of aromatic amines is 1. The first-order valence-corrected chi connectivity index (χ1v) is 17.7. The van der Waals surface area contributed by atoms with E-state index in [-0.39, 0.29) is 37.0 Å². The van der Waals surface area contributed by atoms with Crippen LogP contribution in [0.3, 0.4) is 0 Å². The quantitative estimate of drug-likeness (QED) is 0.178. The summed E-state index contributed by atoms with van der Waals surface area (Å²) in [6.07, 6.45) is 4.38. The van der Waals surface area contributed by atoms with Gasteiger partial charge in [0, 0.05) is 49.6 Å². The molecule has 12 nitrogen and oxygen atoms in total. The summed E-state index contributed by atoms with van der Waals surface area (Å²) in [5.74, 6) is -4.24. The van der Waals surface area contributed by atoms with E-state index in [2.05, 4.69) is 25.9 Å². The zero-order valence-electron chi connectivity index (χ0n) is 28.3. The molecule has 4 aromatic rings. The fourth-order valence-corrected chi connectivity index (χ4v) is 8.40. The molecule has 8 rings (SSSR count). The predicted molar refractivity (Wildman–Crippen MR) is 187 cm³/mol. The molecule has 270 valence electrons. The van der Waals surface area contributed by atoms with Gasteiger partial charge in [0.1, 0.15) is 17.6 Å². The predicted octanol–water partition coefficient (Wildman–Crippen LogP) is 5.10. The molecule has 3 aliphatic heterocycles. The molecule has 5 N–H and O–H groups in total.